The second-order valence-electron chi connectivity index (χ2n) is 4.50. The van der Waals surface area contributed by atoms with E-state index >= 15 is 0 Å². The minimum atomic E-state index is -3.50. The Bertz CT molecular complexity index is 549. The Morgan fingerprint density at radius 1 is 1.28 bits per heavy atom. The molecular weight excluding hydrogens is 252 g/mol. The lowest BCUT2D eigenvalue weighted by molar-refractivity contribution is 0.400. The summed E-state index contributed by atoms with van der Waals surface area (Å²) in [6.07, 6.45) is 1.81. The van der Waals surface area contributed by atoms with Crippen LogP contribution in [0.1, 0.15) is 18.4 Å². The third-order valence-electron chi connectivity index (χ3n) is 3.11. The van der Waals surface area contributed by atoms with Gasteiger partial charge in [0.15, 0.2) is 5.75 Å². The number of ether oxygens (including phenoxy) is 1. The van der Waals surface area contributed by atoms with Gasteiger partial charge in [0.1, 0.15) is 4.90 Å². The largest absolute Gasteiger partial charge is 0.493 e. The molecule has 1 heterocycles. The number of methoxy groups -OCH3 is 1. The highest BCUT2D eigenvalue weighted by atomic mass is 32.2. The number of hydrogen-bond acceptors (Lipinski definition) is 4. The first kappa shape index (κ1) is 13.2. The van der Waals surface area contributed by atoms with E-state index in [2.05, 4.69) is 0 Å². The fourth-order valence-electron chi connectivity index (χ4n) is 2.24. The summed E-state index contributed by atoms with van der Waals surface area (Å²) in [5.41, 5.74) is 6.99. The predicted octanol–water partition coefficient (Wildman–Crippen LogP) is 1.37. The normalized spacial score (nSPS) is 17.0. The van der Waals surface area contributed by atoms with Gasteiger partial charge in [0.05, 0.1) is 12.8 Å². The first-order valence-electron chi connectivity index (χ1n) is 5.91. The molecule has 2 N–H and O–H groups in total. The molecule has 0 spiro atoms. The van der Waals surface area contributed by atoms with Crippen molar-refractivity contribution in [1.29, 1.82) is 0 Å². The Balaban J connectivity index is 2.55. The summed E-state index contributed by atoms with van der Waals surface area (Å²) in [5.74, 6) is 0.243. The summed E-state index contributed by atoms with van der Waals surface area (Å²) in [7, 11) is -2.06. The molecule has 0 aromatic heterocycles. The number of anilines is 1. The van der Waals surface area contributed by atoms with Crippen molar-refractivity contribution in [1.82, 2.24) is 4.31 Å². The second-order valence-corrected chi connectivity index (χ2v) is 6.40. The van der Waals surface area contributed by atoms with Crippen molar-refractivity contribution >= 4 is 15.7 Å². The van der Waals surface area contributed by atoms with E-state index in [4.69, 9.17) is 10.5 Å². The highest BCUT2D eigenvalue weighted by Gasteiger charge is 2.30. The number of hydrogen-bond donors (Lipinski definition) is 1. The second kappa shape index (κ2) is 4.78. The monoisotopic (exact) mass is 270 g/mol. The molecule has 2 rings (SSSR count). The smallest absolute Gasteiger partial charge is 0.246 e. The molecule has 1 aromatic rings. The average Bonchev–Trinajstić information content (AvgIpc) is 2.82. The molecule has 1 aromatic carbocycles. The summed E-state index contributed by atoms with van der Waals surface area (Å²) in [6.45, 7) is 2.96. The lowest BCUT2D eigenvalue weighted by Gasteiger charge is -2.19. The Kier molecular flexibility index (Phi) is 3.49. The lowest BCUT2D eigenvalue weighted by Crippen LogP contribution is -2.28. The van der Waals surface area contributed by atoms with E-state index < -0.39 is 10.0 Å². The Morgan fingerprint density at radius 3 is 2.44 bits per heavy atom. The maximum absolute atomic E-state index is 12.5. The van der Waals surface area contributed by atoms with Crippen molar-refractivity contribution in [2.45, 2.75) is 24.7 Å². The quantitative estimate of drug-likeness (QED) is 0.842. The van der Waals surface area contributed by atoms with Gasteiger partial charge in [0, 0.05) is 13.1 Å². The van der Waals surface area contributed by atoms with Crippen LogP contribution in [0.2, 0.25) is 0 Å². The van der Waals surface area contributed by atoms with Crippen molar-refractivity contribution in [3.05, 3.63) is 17.7 Å². The molecule has 100 valence electrons. The van der Waals surface area contributed by atoms with Gasteiger partial charge >= 0.3 is 0 Å². The predicted molar refractivity (Wildman–Crippen MR) is 70.1 cm³/mol. The first-order valence-corrected chi connectivity index (χ1v) is 7.35. The summed E-state index contributed by atoms with van der Waals surface area (Å²) >= 11 is 0. The molecule has 0 aliphatic carbocycles. The Hall–Kier alpha value is -1.27. The molecule has 1 aliphatic heterocycles. The highest BCUT2D eigenvalue weighted by Crippen LogP contribution is 2.34. The van der Waals surface area contributed by atoms with Crippen LogP contribution in [0.3, 0.4) is 0 Å². The number of sulfonamides is 1. The molecule has 0 amide bonds. The topological polar surface area (TPSA) is 72.6 Å². The van der Waals surface area contributed by atoms with Gasteiger partial charge in [-0.15, -0.1) is 0 Å². The van der Waals surface area contributed by atoms with E-state index in [1.807, 2.05) is 6.92 Å². The zero-order chi connectivity index (χ0) is 13.3. The summed E-state index contributed by atoms with van der Waals surface area (Å²) in [4.78, 5) is 0.171. The Morgan fingerprint density at radius 2 is 1.89 bits per heavy atom. The number of rotatable bonds is 3. The van der Waals surface area contributed by atoms with E-state index in [0.717, 1.165) is 18.4 Å². The molecule has 0 radical (unpaired) electrons. The van der Waals surface area contributed by atoms with Crippen LogP contribution in [-0.2, 0) is 10.0 Å². The van der Waals surface area contributed by atoms with Crippen molar-refractivity contribution < 1.29 is 13.2 Å². The van der Waals surface area contributed by atoms with Crippen LogP contribution < -0.4 is 10.5 Å². The highest BCUT2D eigenvalue weighted by molar-refractivity contribution is 7.89. The zero-order valence-corrected chi connectivity index (χ0v) is 11.5. The van der Waals surface area contributed by atoms with Gasteiger partial charge in [0.2, 0.25) is 10.0 Å². The SMILES string of the molecule is COc1c(N)cc(C)cc1S(=O)(=O)N1CCCC1. The molecular formula is C12H18N2O3S. The molecule has 6 heteroatoms. The first-order chi connectivity index (χ1) is 8.46. The molecule has 1 aliphatic rings. The van der Waals surface area contributed by atoms with Gasteiger partial charge < -0.3 is 10.5 Å². The summed E-state index contributed by atoms with van der Waals surface area (Å²) in [6, 6.07) is 3.32. The van der Waals surface area contributed by atoms with Gasteiger partial charge in [-0.25, -0.2) is 8.42 Å². The van der Waals surface area contributed by atoms with Gasteiger partial charge in [-0.1, -0.05) is 0 Å². The van der Waals surface area contributed by atoms with Crippen LogP contribution in [0.25, 0.3) is 0 Å². The molecule has 1 saturated heterocycles. The molecule has 1 fully saturated rings. The Labute approximate surface area is 108 Å². The van der Waals surface area contributed by atoms with Crippen LogP contribution in [0.4, 0.5) is 5.69 Å². The molecule has 5 nitrogen and oxygen atoms in total. The number of benzene rings is 1. The van der Waals surface area contributed by atoms with Gasteiger partial charge in [-0.3, -0.25) is 0 Å². The van der Waals surface area contributed by atoms with Crippen LogP contribution in [0.15, 0.2) is 17.0 Å². The van der Waals surface area contributed by atoms with Gasteiger partial charge in [0.25, 0.3) is 0 Å². The van der Waals surface area contributed by atoms with Crippen molar-refractivity contribution in [3.63, 3.8) is 0 Å². The fraction of sp³-hybridized carbons (Fsp3) is 0.500. The zero-order valence-electron chi connectivity index (χ0n) is 10.6. The van der Waals surface area contributed by atoms with E-state index in [9.17, 15) is 8.42 Å². The lowest BCUT2D eigenvalue weighted by atomic mass is 10.2. The average molecular weight is 270 g/mol. The molecule has 0 saturated carbocycles. The third kappa shape index (κ3) is 2.18. The van der Waals surface area contributed by atoms with E-state index in [0.29, 0.717) is 18.8 Å². The van der Waals surface area contributed by atoms with Crippen LogP contribution in [0, 0.1) is 6.92 Å². The van der Waals surface area contributed by atoms with Crippen LogP contribution in [0.5, 0.6) is 5.75 Å². The van der Waals surface area contributed by atoms with Crippen LogP contribution in [-0.4, -0.2) is 32.9 Å². The summed E-state index contributed by atoms with van der Waals surface area (Å²) < 4.78 is 31.7. The molecule has 0 unspecified atom stereocenters. The standard InChI is InChI=1S/C12H18N2O3S/c1-9-7-10(13)12(17-2)11(8-9)18(15,16)14-5-3-4-6-14/h7-8H,3-6,13H2,1-2H3. The number of nitrogens with zero attached hydrogens (tertiary/aromatic N) is 1. The molecule has 0 bridgehead atoms. The van der Waals surface area contributed by atoms with Crippen molar-refractivity contribution in [2.75, 3.05) is 25.9 Å². The van der Waals surface area contributed by atoms with Crippen molar-refractivity contribution in [2.24, 2.45) is 0 Å². The van der Waals surface area contributed by atoms with E-state index in [1.165, 1.54) is 11.4 Å². The minimum Gasteiger partial charge on any atom is -0.493 e. The fourth-order valence-corrected chi connectivity index (χ4v) is 4.03. The van der Waals surface area contributed by atoms with Gasteiger partial charge in [-0.2, -0.15) is 4.31 Å². The molecule has 0 atom stereocenters. The third-order valence-corrected chi connectivity index (χ3v) is 5.02. The van der Waals surface area contributed by atoms with Crippen molar-refractivity contribution in [3.8, 4) is 5.75 Å². The molecule has 18 heavy (non-hydrogen) atoms. The van der Waals surface area contributed by atoms with E-state index in [-0.39, 0.29) is 10.6 Å². The number of nitrogen functional groups attached to an aromatic ring is 1. The van der Waals surface area contributed by atoms with E-state index in [1.54, 1.807) is 12.1 Å². The maximum Gasteiger partial charge on any atom is 0.246 e. The summed E-state index contributed by atoms with van der Waals surface area (Å²) in [5, 5.41) is 0. The van der Waals surface area contributed by atoms with Crippen LogP contribution >= 0.6 is 0 Å². The van der Waals surface area contributed by atoms with Gasteiger partial charge in [-0.05, 0) is 37.5 Å². The maximum atomic E-state index is 12.5. The number of nitrogens with two attached hydrogens (primary N) is 1. The minimum absolute atomic E-state index is 0.171. The number of aryl methyl sites for hydroxylation is 1.